The molecule has 1 aliphatic heterocycles. The van der Waals surface area contributed by atoms with Gasteiger partial charge in [0.2, 0.25) is 0 Å². The molecule has 0 spiro atoms. The molecule has 21 heavy (non-hydrogen) atoms. The third-order valence-electron chi connectivity index (χ3n) is 3.05. The van der Waals surface area contributed by atoms with Crippen molar-refractivity contribution < 1.29 is 23.7 Å². The van der Waals surface area contributed by atoms with Crippen LogP contribution in [0.1, 0.15) is 13.3 Å². The Morgan fingerprint density at radius 2 is 1.76 bits per heavy atom. The summed E-state index contributed by atoms with van der Waals surface area (Å²) in [5, 5.41) is 0. The maximum Gasteiger partial charge on any atom is 0.311 e. The molecule has 1 aliphatic rings. The highest BCUT2D eigenvalue weighted by Crippen LogP contribution is 2.17. The minimum absolute atomic E-state index is 0.232. The van der Waals surface area contributed by atoms with E-state index in [1.54, 1.807) is 14.2 Å². The van der Waals surface area contributed by atoms with Gasteiger partial charge in [0.25, 0.3) is 6.35 Å². The Labute approximate surface area is 126 Å². The number of nitrogens with zero attached hydrogens (tertiary/aromatic N) is 2. The van der Waals surface area contributed by atoms with Crippen molar-refractivity contribution in [3.05, 3.63) is 12.4 Å². The van der Waals surface area contributed by atoms with Crippen molar-refractivity contribution in [3.63, 3.8) is 0 Å². The quantitative estimate of drug-likeness (QED) is 0.409. The van der Waals surface area contributed by atoms with Crippen molar-refractivity contribution >= 4 is 5.97 Å². The smallest absolute Gasteiger partial charge is 0.311 e. The third-order valence-corrected chi connectivity index (χ3v) is 3.05. The molecule has 0 aliphatic carbocycles. The molecular formula is C14H26N2O5. The standard InChI is InChI=1S/C14H26N2O5/c1-4-15-6-7-16(8-10-18-2)14(15)21-13(17)5-9-20-12-11-19-3/h6-7,14H,4-5,8-12H2,1-3H3. The topological polar surface area (TPSA) is 60.5 Å². The molecule has 1 unspecified atom stereocenters. The average molecular weight is 302 g/mol. The van der Waals surface area contributed by atoms with Gasteiger partial charge in [-0.25, -0.2) is 0 Å². The van der Waals surface area contributed by atoms with Gasteiger partial charge in [-0.3, -0.25) is 4.79 Å². The van der Waals surface area contributed by atoms with Crippen molar-refractivity contribution in [2.24, 2.45) is 0 Å². The number of hydrogen-bond donors (Lipinski definition) is 0. The molecule has 0 amide bonds. The van der Waals surface area contributed by atoms with E-state index in [1.807, 2.05) is 29.1 Å². The Kier molecular flexibility index (Phi) is 8.80. The van der Waals surface area contributed by atoms with Crippen LogP contribution in [0.2, 0.25) is 0 Å². The van der Waals surface area contributed by atoms with Crippen LogP contribution in [0, 0.1) is 0 Å². The number of methoxy groups -OCH3 is 2. The van der Waals surface area contributed by atoms with E-state index in [0.717, 1.165) is 6.54 Å². The molecule has 1 heterocycles. The normalized spacial score (nSPS) is 17.6. The first-order valence-corrected chi connectivity index (χ1v) is 7.17. The molecule has 0 radical (unpaired) electrons. The van der Waals surface area contributed by atoms with E-state index < -0.39 is 6.35 Å². The predicted molar refractivity (Wildman–Crippen MR) is 77.3 cm³/mol. The van der Waals surface area contributed by atoms with Gasteiger partial charge >= 0.3 is 5.97 Å². The summed E-state index contributed by atoms with van der Waals surface area (Å²) in [6.45, 7) is 5.38. The summed E-state index contributed by atoms with van der Waals surface area (Å²) in [6.07, 6.45) is 3.67. The zero-order valence-corrected chi connectivity index (χ0v) is 13.1. The van der Waals surface area contributed by atoms with Crippen LogP contribution in [0.4, 0.5) is 0 Å². The lowest BCUT2D eigenvalue weighted by atomic mass is 10.4. The first-order valence-electron chi connectivity index (χ1n) is 7.17. The molecule has 0 fully saturated rings. The second-order valence-corrected chi connectivity index (χ2v) is 4.53. The van der Waals surface area contributed by atoms with Gasteiger partial charge in [0.05, 0.1) is 32.8 Å². The van der Waals surface area contributed by atoms with Gasteiger partial charge in [-0.1, -0.05) is 0 Å². The van der Waals surface area contributed by atoms with E-state index in [9.17, 15) is 4.79 Å². The largest absolute Gasteiger partial charge is 0.422 e. The number of esters is 1. The van der Waals surface area contributed by atoms with Crippen LogP contribution in [-0.4, -0.2) is 75.9 Å². The molecule has 0 aromatic rings. The lowest BCUT2D eigenvalue weighted by Gasteiger charge is -2.31. The number of carbonyl (C=O) groups is 1. The highest BCUT2D eigenvalue weighted by molar-refractivity contribution is 5.69. The van der Waals surface area contributed by atoms with Crippen LogP contribution in [0.25, 0.3) is 0 Å². The Balaban J connectivity index is 2.32. The van der Waals surface area contributed by atoms with Crippen LogP contribution in [0.3, 0.4) is 0 Å². The second kappa shape index (κ2) is 10.4. The van der Waals surface area contributed by atoms with Crippen LogP contribution < -0.4 is 0 Å². The highest BCUT2D eigenvalue weighted by atomic mass is 16.6. The first kappa shape index (κ1) is 17.7. The molecular weight excluding hydrogens is 276 g/mol. The summed E-state index contributed by atoms with van der Waals surface area (Å²) >= 11 is 0. The Morgan fingerprint density at radius 1 is 1.05 bits per heavy atom. The van der Waals surface area contributed by atoms with Gasteiger partial charge < -0.3 is 28.7 Å². The summed E-state index contributed by atoms with van der Waals surface area (Å²) in [5.41, 5.74) is 0. The summed E-state index contributed by atoms with van der Waals surface area (Å²) in [4.78, 5) is 15.8. The molecule has 0 aromatic carbocycles. The van der Waals surface area contributed by atoms with E-state index in [-0.39, 0.29) is 12.4 Å². The zero-order chi connectivity index (χ0) is 15.5. The van der Waals surface area contributed by atoms with Gasteiger partial charge in [0, 0.05) is 39.7 Å². The van der Waals surface area contributed by atoms with E-state index in [4.69, 9.17) is 18.9 Å². The van der Waals surface area contributed by atoms with Gasteiger partial charge in [0.1, 0.15) is 0 Å². The maximum absolute atomic E-state index is 11.9. The Hall–Kier alpha value is -1.31. The molecule has 0 bridgehead atoms. The third kappa shape index (κ3) is 6.33. The summed E-state index contributed by atoms with van der Waals surface area (Å²) in [6, 6.07) is 0. The minimum Gasteiger partial charge on any atom is -0.422 e. The molecule has 122 valence electrons. The fourth-order valence-corrected chi connectivity index (χ4v) is 1.86. The zero-order valence-electron chi connectivity index (χ0n) is 13.1. The molecule has 0 aromatic heterocycles. The highest BCUT2D eigenvalue weighted by Gasteiger charge is 2.28. The maximum atomic E-state index is 11.9. The molecule has 0 saturated carbocycles. The predicted octanol–water partition coefficient (Wildman–Crippen LogP) is 0.621. The van der Waals surface area contributed by atoms with Crippen molar-refractivity contribution in [2.45, 2.75) is 19.7 Å². The molecule has 0 N–H and O–H groups in total. The van der Waals surface area contributed by atoms with Crippen LogP contribution in [-0.2, 0) is 23.7 Å². The minimum atomic E-state index is -0.392. The fourth-order valence-electron chi connectivity index (χ4n) is 1.86. The summed E-state index contributed by atoms with van der Waals surface area (Å²) < 4.78 is 20.7. The Morgan fingerprint density at radius 3 is 2.43 bits per heavy atom. The van der Waals surface area contributed by atoms with Crippen LogP contribution in [0.5, 0.6) is 0 Å². The van der Waals surface area contributed by atoms with Gasteiger partial charge in [0.15, 0.2) is 0 Å². The van der Waals surface area contributed by atoms with Gasteiger partial charge in [-0.05, 0) is 6.92 Å². The second-order valence-electron chi connectivity index (χ2n) is 4.53. The molecule has 1 rings (SSSR count). The molecule has 7 nitrogen and oxygen atoms in total. The van der Waals surface area contributed by atoms with Crippen molar-refractivity contribution in [1.29, 1.82) is 0 Å². The van der Waals surface area contributed by atoms with Gasteiger partial charge in [-0.2, -0.15) is 0 Å². The van der Waals surface area contributed by atoms with Gasteiger partial charge in [-0.15, -0.1) is 0 Å². The lowest BCUT2D eigenvalue weighted by molar-refractivity contribution is -0.170. The van der Waals surface area contributed by atoms with Crippen molar-refractivity contribution in [3.8, 4) is 0 Å². The number of carbonyl (C=O) groups excluding carboxylic acids is 1. The van der Waals surface area contributed by atoms with E-state index >= 15 is 0 Å². The Bertz CT molecular complexity index is 324. The van der Waals surface area contributed by atoms with E-state index in [0.29, 0.717) is 33.0 Å². The lowest BCUT2D eigenvalue weighted by Crippen LogP contribution is -2.43. The molecule has 0 saturated heterocycles. The van der Waals surface area contributed by atoms with Crippen LogP contribution in [0.15, 0.2) is 12.4 Å². The van der Waals surface area contributed by atoms with E-state index in [1.165, 1.54) is 0 Å². The van der Waals surface area contributed by atoms with Crippen molar-refractivity contribution in [2.75, 3.05) is 53.7 Å². The SMILES string of the molecule is CCN1C=CN(CCOC)C1OC(=O)CCOCCOC. The van der Waals surface area contributed by atoms with E-state index in [2.05, 4.69) is 0 Å². The number of hydrogen-bond acceptors (Lipinski definition) is 7. The average Bonchev–Trinajstić information content (AvgIpc) is 2.86. The van der Waals surface area contributed by atoms with Crippen LogP contribution >= 0.6 is 0 Å². The summed E-state index contributed by atoms with van der Waals surface area (Å²) in [5.74, 6) is -0.276. The fraction of sp³-hybridized carbons (Fsp3) is 0.786. The molecule has 7 heteroatoms. The monoisotopic (exact) mass is 302 g/mol. The number of rotatable bonds is 11. The number of ether oxygens (including phenoxy) is 4. The van der Waals surface area contributed by atoms with Crippen molar-refractivity contribution in [1.82, 2.24) is 9.80 Å². The first-order chi connectivity index (χ1) is 10.2. The molecule has 1 atom stereocenters. The summed E-state index contributed by atoms with van der Waals surface area (Å²) in [7, 11) is 3.26.